The molecule has 1 fully saturated rings. The van der Waals surface area contributed by atoms with E-state index in [1.165, 1.54) is 5.56 Å². The fourth-order valence-electron chi connectivity index (χ4n) is 3.53. The zero-order valence-electron chi connectivity index (χ0n) is 14.6. The highest BCUT2D eigenvalue weighted by molar-refractivity contribution is 5.23. The second kappa shape index (κ2) is 8.20. The van der Waals surface area contributed by atoms with E-state index in [-0.39, 0.29) is 24.3 Å². The number of aliphatic hydroxyl groups excluding tert-OH is 1. The minimum Gasteiger partial charge on any atom is -0.394 e. The van der Waals surface area contributed by atoms with E-state index in [2.05, 4.69) is 29.3 Å². The number of nitrogens with one attached hydrogen (secondary N) is 1. The molecular weight excluding hydrogens is 341 g/mol. The number of hydrogen-bond donors (Lipinski definition) is 2. The predicted octanol–water partition coefficient (Wildman–Crippen LogP) is 3.56. The van der Waals surface area contributed by atoms with Crippen LogP contribution in [0.4, 0.5) is 13.2 Å². The van der Waals surface area contributed by atoms with E-state index in [1.54, 1.807) is 0 Å². The summed E-state index contributed by atoms with van der Waals surface area (Å²) in [5, 5.41) is 12.9. The monoisotopic (exact) mass is 364 g/mol. The summed E-state index contributed by atoms with van der Waals surface area (Å²) in [5.74, 6) is -3.98. The van der Waals surface area contributed by atoms with Gasteiger partial charge in [-0.3, -0.25) is 4.90 Å². The SMILES string of the molecule is C[C@H](c1ccccc1)N1CC[C@@H](N[C@H](CO)c2cc(F)c(F)c(F)c2)C1. The molecule has 1 aliphatic heterocycles. The van der Waals surface area contributed by atoms with Crippen molar-refractivity contribution in [2.24, 2.45) is 0 Å². The van der Waals surface area contributed by atoms with E-state index < -0.39 is 23.5 Å². The number of benzene rings is 2. The second-order valence-electron chi connectivity index (χ2n) is 6.77. The van der Waals surface area contributed by atoms with E-state index in [9.17, 15) is 18.3 Å². The number of hydrogen-bond acceptors (Lipinski definition) is 3. The molecule has 0 bridgehead atoms. The molecule has 1 saturated heterocycles. The summed E-state index contributed by atoms with van der Waals surface area (Å²) in [6.07, 6.45) is 0.861. The first-order chi connectivity index (χ1) is 12.5. The van der Waals surface area contributed by atoms with Gasteiger partial charge in [-0.2, -0.15) is 0 Å². The van der Waals surface area contributed by atoms with E-state index in [0.717, 1.165) is 31.6 Å². The van der Waals surface area contributed by atoms with Crippen molar-refractivity contribution in [1.29, 1.82) is 0 Å². The molecule has 0 spiro atoms. The van der Waals surface area contributed by atoms with Crippen LogP contribution in [0.25, 0.3) is 0 Å². The Kier molecular flexibility index (Phi) is 5.96. The van der Waals surface area contributed by atoms with Crippen LogP contribution in [-0.2, 0) is 0 Å². The molecule has 0 unspecified atom stereocenters. The molecule has 0 saturated carbocycles. The molecule has 0 radical (unpaired) electrons. The highest BCUT2D eigenvalue weighted by Gasteiger charge is 2.29. The van der Waals surface area contributed by atoms with Gasteiger partial charge in [0, 0.05) is 25.2 Å². The third-order valence-corrected chi connectivity index (χ3v) is 5.08. The summed E-state index contributed by atoms with van der Waals surface area (Å²) in [6, 6.07) is 11.8. The fourth-order valence-corrected chi connectivity index (χ4v) is 3.53. The van der Waals surface area contributed by atoms with Gasteiger partial charge in [0.2, 0.25) is 0 Å². The van der Waals surface area contributed by atoms with Crippen LogP contribution in [0.2, 0.25) is 0 Å². The standard InChI is InChI=1S/C20H23F3N2O/c1-13(14-5-3-2-4-6-14)25-8-7-16(11-25)24-19(12-26)15-9-17(21)20(23)18(22)10-15/h2-6,9-10,13,16,19,24,26H,7-8,11-12H2,1H3/t13-,16-,19-/m1/s1. The van der Waals surface area contributed by atoms with Gasteiger partial charge in [0.25, 0.3) is 0 Å². The Morgan fingerprint density at radius 3 is 2.38 bits per heavy atom. The van der Waals surface area contributed by atoms with Crippen molar-refractivity contribution in [3.63, 3.8) is 0 Å². The van der Waals surface area contributed by atoms with Crippen LogP contribution in [0.1, 0.15) is 36.6 Å². The molecule has 26 heavy (non-hydrogen) atoms. The van der Waals surface area contributed by atoms with Crippen LogP contribution in [0.5, 0.6) is 0 Å². The molecule has 2 aromatic carbocycles. The van der Waals surface area contributed by atoms with E-state index in [0.29, 0.717) is 0 Å². The Balaban J connectivity index is 1.65. The molecule has 1 aliphatic rings. The van der Waals surface area contributed by atoms with E-state index >= 15 is 0 Å². The van der Waals surface area contributed by atoms with Gasteiger partial charge in [0.15, 0.2) is 17.5 Å². The molecule has 0 aliphatic carbocycles. The fraction of sp³-hybridized carbons (Fsp3) is 0.400. The number of likely N-dealkylation sites (tertiary alicyclic amines) is 1. The van der Waals surface area contributed by atoms with Gasteiger partial charge in [-0.05, 0) is 36.6 Å². The molecule has 0 amide bonds. The third-order valence-electron chi connectivity index (χ3n) is 5.08. The van der Waals surface area contributed by atoms with E-state index in [1.807, 2.05) is 18.2 Å². The average molecular weight is 364 g/mol. The first-order valence-corrected chi connectivity index (χ1v) is 8.80. The summed E-state index contributed by atoms with van der Waals surface area (Å²) in [7, 11) is 0. The minimum atomic E-state index is -1.49. The lowest BCUT2D eigenvalue weighted by Gasteiger charge is -2.26. The van der Waals surface area contributed by atoms with Crippen LogP contribution in [0.15, 0.2) is 42.5 Å². The van der Waals surface area contributed by atoms with Crippen molar-refractivity contribution in [2.75, 3.05) is 19.7 Å². The lowest BCUT2D eigenvalue weighted by atomic mass is 10.1. The van der Waals surface area contributed by atoms with E-state index in [4.69, 9.17) is 0 Å². The smallest absolute Gasteiger partial charge is 0.194 e. The maximum Gasteiger partial charge on any atom is 0.194 e. The number of aliphatic hydroxyl groups is 1. The molecular formula is C20H23F3N2O. The molecule has 0 aromatic heterocycles. The zero-order chi connectivity index (χ0) is 18.7. The van der Waals surface area contributed by atoms with Crippen molar-refractivity contribution in [3.05, 3.63) is 71.0 Å². The lowest BCUT2D eigenvalue weighted by Crippen LogP contribution is -2.37. The third kappa shape index (κ3) is 4.09. The highest BCUT2D eigenvalue weighted by atomic mass is 19.2. The van der Waals surface area contributed by atoms with Gasteiger partial charge in [0.1, 0.15) is 0 Å². The number of nitrogens with zero attached hydrogens (tertiary/aromatic N) is 1. The lowest BCUT2D eigenvalue weighted by molar-refractivity contribution is 0.221. The van der Waals surface area contributed by atoms with Gasteiger partial charge in [-0.25, -0.2) is 13.2 Å². The minimum absolute atomic E-state index is 0.0782. The quantitative estimate of drug-likeness (QED) is 0.770. The van der Waals surface area contributed by atoms with Crippen molar-refractivity contribution >= 4 is 0 Å². The van der Waals surface area contributed by atoms with Crippen LogP contribution in [0, 0.1) is 17.5 Å². The molecule has 1 heterocycles. The normalized spacial score (nSPS) is 20.3. The Labute approximate surface area is 151 Å². The number of rotatable bonds is 6. The Bertz CT molecular complexity index is 718. The molecule has 140 valence electrons. The summed E-state index contributed by atoms with van der Waals surface area (Å²) in [6.45, 7) is 3.47. The highest BCUT2D eigenvalue weighted by Crippen LogP contribution is 2.26. The maximum absolute atomic E-state index is 13.5. The second-order valence-corrected chi connectivity index (χ2v) is 6.77. The van der Waals surface area contributed by atoms with Gasteiger partial charge >= 0.3 is 0 Å². The molecule has 3 rings (SSSR count). The summed E-state index contributed by atoms with van der Waals surface area (Å²) < 4.78 is 40.1. The summed E-state index contributed by atoms with van der Waals surface area (Å²) >= 11 is 0. The van der Waals surface area contributed by atoms with Gasteiger partial charge in [0.05, 0.1) is 12.6 Å². The van der Waals surface area contributed by atoms with Crippen LogP contribution in [0.3, 0.4) is 0 Å². The van der Waals surface area contributed by atoms with Crippen LogP contribution in [-0.4, -0.2) is 35.7 Å². The Morgan fingerprint density at radius 1 is 1.12 bits per heavy atom. The van der Waals surface area contributed by atoms with Crippen molar-refractivity contribution in [3.8, 4) is 0 Å². The Hall–Kier alpha value is -1.89. The maximum atomic E-state index is 13.5. The Morgan fingerprint density at radius 2 is 1.77 bits per heavy atom. The van der Waals surface area contributed by atoms with Crippen molar-refractivity contribution < 1.29 is 18.3 Å². The van der Waals surface area contributed by atoms with Gasteiger partial charge in [-0.15, -0.1) is 0 Å². The van der Waals surface area contributed by atoms with Crippen LogP contribution < -0.4 is 5.32 Å². The molecule has 2 aromatic rings. The molecule has 3 nitrogen and oxygen atoms in total. The van der Waals surface area contributed by atoms with Crippen molar-refractivity contribution in [2.45, 2.75) is 31.5 Å². The number of halogens is 3. The summed E-state index contributed by atoms with van der Waals surface area (Å²) in [4.78, 5) is 2.33. The largest absolute Gasteiger partial charge is 0.394 e. The first-order valence-electron chi connectivity index (χ1n) is 8.80. The average Bonchev–Trinajstić information content (AvgIpc) is 3.12. The zero-order valence-corrected chi connectivity index (χ0v) is 14.6. The first kappa shape index (κ1) is 18.9. The molecule has 2 N–H and O–H groups in total. The summed E-state index contributed by atoms with van der Waals surface area (Å²) in [5.41, 5.74) is 1.44. The topological polar surface area (TPSA) is 35.5 Å². The molecule has 3 atom stereocenters. The predicted molar refractivity (Wildman–Crippen MR) is 94.1 cm³/mol. The van der Waals surface area contributed by atoms with Gasteiger partial charge < -0.3 is 10.4 Å². The van der Waals surface area contributed by atoms with Gasteiger partial charge in [-0.1, -0.05) is 30.3 Å². The van der Waals surface area contributed by atoms with Crippen LogP contribution >= 0.6 is 0 Å². The van der Waals surface area contributed by atoms with Crippen molar-refractivity contribution in [1.82, 2.24) is 10.2 Å². The molecule has 6 heteroatoms.